The fourth-order valence-corrected chi connectivity index (χ4v) is 4.74. The molecule has 0 amide bonds. The van der Waals surface area contributed by atoms with Gasteiger partial charge in [0.05, 0.1) is 9.88 Å². The lowest BCUT2D eigenvalue weighted by atomic mass is 10.1. The van der Waals surface area contributed by atoms with Crippen molar-refractivity contribution < 1.29 is 9.90 Å². The molecule has 0 aliphatic heterocycles. The minimum atomic E-state index is -0.670. The van der Waals surface area contributed by atoms with Crippen LogP contribution in [0.1, 0.15) is 78.1 Å². The molecule has 1 aromatic heterocycles. The summed E-state index contributed by atoms with van der Waals surface area (Å²) in [6.07, 6.45) is 15.2. The molecule has 0 radical (unpaired) electrons. The summed E-state index contributed by atoms with van der Waals surface area (Å²) in [5.74, 6) is 0.488. The van der Waals surface area contributed by atoms with Crippen LogP contribution in [-0.4, -0.2) is 21.8 Å². The van der Waals surface area contributed by atoms with E-state index in [2.05, 4.69) is 17.1 Å². The third kappa shape index (κ3) is 8.88. The Balaban J connectivity index is 0.00000139. The number of hydrogen-bond donors (Lipinski definition) is 1. The second-order valence-electron chi connectivity index (χ2n) is 5.68. The van der Waals surface area contributed by atoms with E-state index < -0.39 is 5.97 Å². The molecule has 5 heteroatoms. The number of aliphatic carboxylic acids is 1. The molecule has 1 aliphatic rings. The molecule has 1 N–H and O–H groups in total. The highest BCUT2D eigenvalue weighted by molar-refractivity contribution is 8.00. The van der Waals surface area contributed by atoms with Crippen molar-refractivity contribution in [1.29, 1.82) is 0 Å². The van der Waals surface area contributed by atoms with Crippen molar-refractivity contribution in [2.75, 3.05) is 5.75 Å². The number of carboxylic acid groups (broad SMARTS) is 1. The van der Waals surface area contributed by atoms with Crippen molar-refractivity contribution in [1.82, 2.24) is 4.98 Å². The number of nitrogens with zero attached hydrogens (tertiary/aromatic N) is 1. The van der Waals surface area contributed by atoms with Crippen molar-refractivity contribution in [2.24, 2.45) is 0 Å². The second kappa shape index (κ2) is 13.5. The summed E-state index contributed by atoms with van der Waals surface area (Å²) in [5, 5.41) is 9.74. The second-order valence-corrected chi connectivity index (χ2v) is 8.05. The maximum absolute atomic E-state index is 10.4. The Kier molecular flexibility index (Phi) is 11.9. The fourth-order valence-electron chi connectivity index (χ4n) is 2.53. The van der Waals surface area contributed by atoms with E-state index in [-0.39, 0.29) is 0 Å². The minimum absolute atomic E-state index is 0.323. The van der Waals surface area contributed by atoms with Crippen LogP contribution < -0.4 is 9.88 Å². The third-order valence-corrected chi connectivity index (χ3v) is 6.05. The van der Waals surface area contributed by atoms with Gasteiger partial charge in [-0.05, 0) is 25.7 Å². The lowest BCUT2D eigenvalue weighted by Crippen LogP contribution is -2.22. The zero-order chi connectivity index (χ0) is 17.6. The smallest absolute Gasteiger partial charge is 0.303 e. The molecular weight excluding hydrogens is 338 g/mol. The monoisotopic (exact) mass is 369 g/mol. The van der Waals surface area contributed by atoms with Gasteiger partial charge in [0.2, 0.25) is 0 Å². The maximum atomic E-state index is 10.4. The van der Waals surface area contributed by atoms with Gasteiger partial charge in [-0.15, -0.1) is 11.3 Å². The Hall–Kier alpha value is -0.810. The largest absolute Gasteiger partial charge is 0.481 e. The van der Waals surface area contributed by atoms with E-state index in [4.69, 9.17) is 5.11 Å². The van der Waals surface area contributed by atoms with Gasteiger partial charge in [-0.1, -0.05) is 69.9 Å². The fraction of sp³-hybridized carbons (Fsp3) is 0.684. The summed E-state index contributed by atoms with van der Waals surface area (Å²) in [6.45, 7) is 4.00. The highest BCUT2D eigenvalue weighted by atomic mass is 32.2. The van der Waals surface area contributed by atoms with E-state index in [0.29, 0.717) is 6.42 Å². The van der Waals surface area contributed by atoms with Gasteiger partial charge < -0.3 is 5.11 Å². The molecular formula is C19H31NO2S2. The Labute approximate surface area is 154 Å². The predicted molar refractivity (Wildman–Crippen MR) is 106 cm³/mol. The highest BCUT2D eigenvalue weighted by Gasteiger charge is 2.03. The molecule has 0 bridgehead atoms. The van der Waals surface area contributed by atoms with Gasteiger partial charge in [0.25, 0.3) is 0 Å². The van der Waals surface area contributed by atoms with Gasteiger partial charge in [-0.3, -0.25) is 4.79 Å². The van der Waals surface area contributed by atoms with E-state index in [0.717, 1.165) is 31.4 Å². The molecule has 2 rings (SSSR count). The maximum Gasteiger partial charge on any atom is 0.303 e. The quantitative estimate of drug-likeness (QED) is 0.449. The average Bonchev–Trinajstić information content (AvgIpc) is 3.01. The standard InChI is InChI=1S/C17H25NO2S2.C2H6/c19-16(20)12-6-4-2-1-3-5-9-13-21-17-18-14-10-7-8-11-15(14)22-17;1-2/h10-11H,1-9,12-13H2,(H,19,20);1-2H3. The first-order valence-electron chi connectivity index (χ1n) is 9.27. The molecule has 136 valence electrons. The molecule has 1 heterocycles. The highest BCUT2D eigenvalue weighted by Crippen LogP contribution is 2.19. The summed E-state index contributed by atoms with van der Waals surface area (Å²) in [4.78, 5) is 15.1. The average molecular weight is 370 g/mol. The Morgan fingerprint density at radius 2 is 1.71 bits per heavy atom. The summed E-state index contributed by atoms with van der Waals surface area (Å²) in [5.41, 5.74) is 0. The van der Waals surface area contributed by atoms with E-state index in [1.54, 1.807) is 0 Å². The first-order valence-corrected chi connectivity index (χ1v) is 11.1. The Morgan fingerprint density at radius 3 is 2.38 bits per heavy atom. The number of rotatable bonds is 11. The molecule has 1 aromatic rings. The topological polar surface area (TPSA) is 50.2 Å². The molecule has 3 nitrogen and oxygen atoms in total. The van der Waals surface area contributed by atoms with Gasteiger partial charge in [-0.25, -0.2) is 4.98 Å². The van der Waals surface area contributed by atoms with Crippen LogP contribution in [0.25, 0.3) is 12.2 Å². The first-order chi connectivity index (χ1) is 11.8. The van der Waals surface area contributed by atoms with Crippen molar-refractivity contribution in [3.05, 3.63) is 9.88 Å². The van der Waals surface area contributed by atoms with Gasteiger partial charge in [-0.2, -0.15) is 0 Å². The number of fused-ring (bicyclic) bond motifs is 1. The van der Waals surface area contributed by atoms with E-state index in [1.165, 1.54) is 46.3 Å². The van der Waals surface area contributed by atoms with Crippen LogP contribution in [0, 0.1) is 0 Å². The molecule has 0 unspecified atom stereocenters. The van der Waals surface area contributed by atoms with Crippen molar-refractivity contribution in [2.45, 2.75) is 82.4 Å². The Bertz CT molecular complexity index is 547. The molecule has 1 aliphatic carbocycles. The summed E-state index contributed by atoms with van der Waals surface area (Å²) >= 11 is 3.72. The lowest BCUT2D eigenvalue weighted by Gasteiger charge is -2.01. The Morgan fingerprint density at radius 1 is 1.08 bits per heavy atom. The van der Waals surface area contributed by atoms with E-state index in [1.807, 2.05) is 36.9 Å². The van der Waals surface area contributed by atoms with Crippen molar-refractivity contribution >= 4 is 41.2 Å². The number of carbonyl (C=O) groups is 1. The van der Waals surface area contributed by atoms with Crippen LogP contribution in [0.3, 0.4) is 0 Å². The SMILES string of the molecule is CC.O=C(O)CCCCCCCCCSc1nc2c(s1)=CCCC=2. The number of carboxylic acids is 1. The summed E-state index contributed by atoms with van der Waals surface area (Å²) in [6, 6.07) is 0. The van der Waals surface area contributed by atoms with Crippen molar-refractivity contribution in [3.8, 4) is 0 Å². The number of thiazole rings is 1. The van der Waals surface area contributed by atoms with E-state index >= 15 is 0 Å². The molecule has 0 atom stereocenters. The van der Waals surface area contributed by atoms with Crippen molar-refractivity contribution in [3.63, 3.8) is 0 Å². The van der Waals surface area contributed by atoms with Crippen LogP contribution in [0.2, 0.25) is 0 Å². The molecule has 0 aromatic carbocycles. The normalized spacial score (nSPS) is 12.4. The molecule has 24 heavy (non-hydrogen) atoms. The van der Waals surface area contributed by atoms with Crippen LogP contribution in [-0.2, 0) is 4.79 Å². The third-order valence-electron chi connectivity index (χ3n) is 3.76. The molecule has 0 spiro atoms. The van der Waals surface area contributed by atoms with Crippen LogP contribution in [0.15, 0.2) is 4.34 Å². The lowest BCUT2D eigenvalue weighted by molar-refractivity contribution is -0.137. The van der Waals surface area contributed by atoms with E-state index in [9.17, 15) is 4.79 Å². The minimum Gasteiger partial charge on any atom is -0.481 e. The zero-order valence-corrected chi connectivity index (χ0v) is 16.7. The summed E-state index contributed by atoms with van der Waals surface area (Å²) < 4.78 is 2.57. The van der Waals surface area contributed by atoms with Gasteiger partial charge in [0.1, 0.15) is 0 Å². The molecule has 0 saturated heterocycles. The number of aromatic nitrogens is 1. The number of thioether (sulfide) groups is 1. The van der Waals surface area contributed by atoms with Crippen LogP contribution >= 0.6 is 23.1 Å². The predicted octanol–water partition coefficient (Wildman–Crippen LogP) is 4.82. The van der Waals surface area contributed by atoms with Gasteiger partial charge in [0, 0.05) is 12.2 Å². The van der Waals surface area contributed by atoms with Crippen LogP contribution in [0.4, 0.5) is 0 Å². The number of unbranched alkanes of at least 4 members (excludes halogenated alkanes) is 6. The molecule has 0 saturated carbocycles. The molecule has 0 fully saturated rings. The zero-order valence-electron chi connectivity index (χ0n) is 15.1. The van der Waals surface area contributed by atoms with Gasteiger partial charge >= 0.3 is 5.97 Å². The van der Waals surface area contributed by atoms with Gasteiger partial charge in [0.15, 0.2) is 4.34 Å². The van der Waals surface area contributed by atoms with Crippen LogP contribution in [0.5, 0.6) is 0 Å². The first kappa shape index (κ1) is 21.2. The summed E-state index contributed by atoms with van der Waals surface area (Å²) in [7, 11) is 0. The number of hydrogen-bond acceptors (Lipinski definition) is 4.